The fourth-order valence-electron chi connectivity index (χ4n) is 2.73. The summed E-state index contributed by atoms with van der Waals surface area (Å²) >= 11 is 0. The number of fused-ring (bicyclic) bond motifs is 1. The second-order valence-electron chi connectivity index (χ2n) is 6.19. The van der Waals surface area contributed by atoms with Crippen molar-refractivity contribution in [1.82, 2.24) is 15.3 Å². The van der Waals surface area contributed by atoms with Crippen LogP contribution in [0.4, 0.5) is 0 Å². The highest BCUT2D eigenvalue weighted by Gasteiger charge is 2.16. The van der Waals surface area contributed by atoms with Gasteiger partial charge in [-0.25, -0.2) is 4.98 Å². The Balaban J connectivity index is 1.72. The lowest BCUT2D eigenvalue weighted by Crippen LogP contribution is -2.27. The van der Waals surface area contributed by atoms with Crippen molar-refractivity contribution in [3.8, 4) is 11.5 Å². The van der Waals surface area contributed by atoms with Crippen LogP contribution in [-0.4, -0.2) is 43.3 Å². The maximum Gasteiger partial charge on any atom is 0.271 e. The third-order valence-electron chi connectivity index (χ3n) is 4.26. The van der Waals surface area contributed by atoms with Gasteiger partial charge in [-0.1, -0.05) is 18.2 Å². The quantitative estimate of drug-likeness (QED) is 0.604. The molecule has 0 aliphatic heterocycles. The molecule has 7 heteroatoms. The molecular formula is C21H23N3O4. The lowest BCUT2D eigenvalue weighted by Gasteiger charge is -2.17. The van der Waals surface area contributed by atoms with E-state index in [1.54, 1.807) is 14.2 Å². The number of hydrogen-bond acceptors (Lipinski definition) is 6. The van der Waals surface area contributed by atoms with E-state index in [4.69, 9.17) is 14.2 Å². The van der Waals surface area contributed by atoms with Crippen molar-refractivity contribution < 1.29 is 19.0 Å². The zero-order chi connectivity index (χ0) is 19.9. The van der Waals surface area contributed by atoms with Crippen LogP contribution in [0.3, 0.4) is 0 Å². The maximum atomic E-state index is 12.6. The van der Waals surface area contributed by atoms with Gasteiger partial charge in [0.2, 0.25) is 0 Å². The number of para-hydroxylation sites is 2. The second kappa shape index (κ2) is 9.14. The summed E-state index contributed by atoms with van der Waals surface area (Å²) in [4.78, 5) is 21.3. The van der Waals surface area contributed by atoms with Gasteiger partial charge in [-0.05, 0) is 36.8 Å². The summed E-state index contributed by atoms with van der Waals surface area (Å²) in [6.07, 6.45) is 1.48. The Kier molecular flexibility index (Phi) is 6.39. The van der Waals surface area contributed by atoms with E-state index >= 15 is 0 Å². The second-order valence-corrected chi connectivity index (χ2v) is 6.19. The third kappa shape index (κ3) is 4.55. The molecule has 2 aromatic carbocycles. The first kappa shape index (κ1) is 19.6. The lowest BCUT2D eigenvalue weighted by atomic mass is 10.1. The van der Waals surface area contributed by atoms with E-state index in [9.17, 15) is 4.79 Å². The number of rotatable bonds is 8. The smallest absolute Gasteiger partial charge is 0.271 e. The standard InChI is InChI=1S/C21H23N3O4/c1-14(15-8-9-19(20(12-15)27-3)28-11-10-26-2)23-21(25)18-13-22-16-6-4-5-7-17(16)24-18/h4-9,12-14H,10-11H2,1-3H3,(H,23,25). The van der Waals surface area contributed by atoms with Gasteiger partial charge in [-0.3, -0.25) is 9.78 Å². The first-order valence-electron chi connectivity index (χ1n) is 8.94. The van der Waals surface area contributed by atoms with E-state index < -0.39 is 0 Å². The molecule has 0 spiro atoms. The Bertz CT molecular complexity index is 961. The monoisotopic (exact) mass is 381 g/mol. The summed E-state index contributed by atoms with van der Waals surface area (Å²) in [5.74, 6) is 0.938. The van der Waals surface area contributed by atoms with E-state index in [0.29, 0.717) is 30.2 Å². The van der Waals surface area contributed by atoms with Gasteiger partial charge in [0, 0.05) is 7.11 Å². The van der Waals surface area contributed by atoms with Gasteiger partial charge in [-0.2, -0.15) is 0 Å². The zero-order valence-corrected chi connectivity index (χ0v) is 16.1. The first-order chi connectivity index (χ1) is 13.6. The van der Waals surface area contributed by atoms with Crippen LogP contribution < -0.4 is 14.8 Å². The number of methoxy groups -OCH3 is 2. The molecule has 146 valence electrons. The molecule has 1 atom stereocenters. The van der Waals surface area contributed by atoms with Crippen LogP contribution in [0.2, 0.25) is 0 Å². The largest absolute Gasteiger partial charge is 0.493 e. The Morgan fingerprint density at radius 3 is 2.61 bits per heavy atom. The number of ether oxygens (including phenoxy) is 3. The Morgan fingerprint density at radius 1 is 1.07 bits per heavy atom. The number of nitrogens with zero attached hydrogens (tertiary/aromatic N) is 2. The molecule has 3 rings (SSSR count). The summed E-state index contributed by atoms with van der Waals surface area (Å²) in [5, 5.41) is 2.94. The number of hydrogen-bond donors (Lipinski definition) is 1. The molecule has 0 bridgehead atoms. The molecular weight excluding hydrogens is 358 g/mol. The number of aromatic nitrogens is 2. The first-order valence-corrected chi connectivity index (χ1v) is 8.94. The van der Waals surface area contributed by atoms with Crippen molar-refractivity contribution >= 4 is 16.9 Å². The molecule has 1 amide bonds. The van der Waals surface area contributed by atoms with Crippen molar-refractivity contribution in [1.29, 1.82) is 0 Å². The molecule has 1 unspecified atom stereocenters. The van der Waals surface area contributed by atoms with Gasteiger partial charge in [0.05, 0.1) is 37.0 Å². The van der Waals surface area contributed by atoms with Crippen LogP contribution >= 0.6 is 0 Å². The summed E-state index contributed by atoms with van der Waals surface area (Å²) in [6, 6.07) is 12.7. The summed E-state index contributed by atoms with van der Waals surface area (Å²) in [7, 11) is 3.20. The molecule has 1 aromatic heterocycles. The van der Waals surface area contributed by atoms with Crippen LogP contribution in [0.5, 0.6) is 11.5 Å². The molecule has 7 nitrogen and oxygen atoms in total. The fraction of sp³-hybridized carbons (Fsp3) is 0.286. The van der Waals surface area contributed by atoms with Crippen LogP contribution in [0.15, 0.2) is 48.7 Å². The number of nitrogens with one attached hydrogen (secondary N) is 1. The minimum Gasteiger partial charge on any atom is -0.493 e. The highest BCUT2D eigenvalue weighted by molar-refractivity contribution is 5.94. The molecule has 0 radical (unpaired) electrons. The number of carbonyl (C=O) groups excluding carboxylic acids is 1. The van der Waals surface area contributed by atoms with Gasteiger partial charge >= 0.3 is 0 Å². The summed E-state index contributed by atoms with van der Waals surface area (Å²) in [5.41, 5.74) is 2.60. The molecule has 1 N–H and O–H groups in total. The highest BCUT2D eigenvalue weighted by atomic mass is 16.5. The van der Waals surface area contributed by atoms with Crippen LogP contribution in [-0.2, 0) is 4.74 Å². The van der Waals surface area contributed by atoms with Gasteiger partial charge in [0.1, 0.15) is 12.3 Å². The van der Waals surface area contributed by atoms with Crippen molar-refractivity contribution in [2.24, 2.45) is 0 Å². The zero-order valence-electron chi connectivity index (χ0n) is 16.1. The van der Waals surface area contributed by atoms with Gasteiger partial charge < -0.3 is 19.5 Å². The Hall–Kier alpha value is -3.19. The average Bonchev–Trinajstić information content (AvgIpc) is 2.73. The number of benzene rings is 2. The highest BCUT2D eigenvalue weighted by Crippen LogP contribution is 2.30. The van der Waals surface area contributed by atoms with Gasteiger partial charge in [0.15, 0.2) is 11.5 Å². The molecule has 0 aliphatic carbocycles. The fourth-order valence-corrected chi connectivity index (χ4v) is 2.73. The van der Waals surface area contributed by atoms with Gasteiger partial charge in [0.25, 0.3) is 5.91 Å². The minimum atomic E-state index is -0.287. The molecule has 1 heterocycles. The molecule has 0 aliphatic rings. The molecule has 28 heavy (non-hydrogen) atoms. The van der Waals surface area contributed by atoms with Crippen molar-refractivity contribution in [3.05, 3.63) is 59.9 Å². The average molecular weight is 381 g/mol. The molecule has 0 fully saturated rings. The summed E-state index contributed by atoms with van der Waals surface area (Å²) in [6.45, 7) is 2.82. The topological polar surface area (TPSA) is 82.6 Å². The lowest BCUT2D eigenvalue weighted by molar-refractivity contribution is 0.0934. The summed E-state index contributed by atoms with van der Waals surface area (Å²) < 4.78 is 16.0. The van der Waals surface area contributed by atoms with Crippen LogP contribution in [0.25, 0.3) is 11.0 Å². The van der Waals surface area contributed by atoms with E-state index in [0.717, 1.165) is 11.1 Å². The van der Waals surface area contributed by atoms with Crippen molar-refractivity contribution in [2.75, 3.05) is 27.4 Å². The molecule has 0 saturated heterocycles. The SMILES string of the molecule is COCCOc1ccc(C(C)NC(=O)c2cnc3ccccc3n2)cc1OC. The maximum absolute atomic E-state index is 12.6. The third-order valence-corrected chi connectivity index (χ3v) is 4.26. The van der Waals surface area contributed by atoms with E-state index in [1.165, 1.54) is 6.20 Å². The van der Waals surface area contributed by atoms with E-state index in [2.05, 4.69) is 15.3 Å². The normalized spacial score (nSPS) is 11.8. The van der Waals surface area contributed by atoms with Crippen molar-refractivity contribution in [2.45, 2.75) is 13.0 Å². The Morgan fingerprint density at radius 2 is 1.86 bits per heavy atom. The minimum absolute atomic E-state index is 0.248. The van der Waals surface area contributed by atoms with Crippen LogP contribution in [0, 0.1) is 0 Å². The number of carbonyl (C=O) groups is 1. The Labute approximate surface area is 163 Å². The van der Waals surface area contributed by atoms with Crippen molar-refractivity contribution in [3.63, 3.8) is 0 Å². The molecule has 3 aromatic rings. The predicted octanol–water partition coefficient (Wildman–Crippen LogP) is 3.15. The predicted molar refractivity (Wildman–Crippen MR) is 106 cm³/mol. The van der Waals surface area contributed by atoms with Crippen LogP contribution in [0.1, 0.15) is 29.0 Å². The number of amides is 1. The van der Waals surface area contributed by atoms with E-state index in [1.807, 2.05) is 49.4 Å². The van der Waals surface area contributed by atoms with Gasteiger partial charge in [-0.15, -0.1) is 0 Å². The molecule has 0 saturated carbocycles. The van der Waals surface area contributed by atoms with E-state index in [-0.39, 0.29) is 17.6 Å².